The maximum atomic E-state index is 5.36. The number of aromatic nitrogens is 2. The fraction of sp³-hybridized carbons (Fsp3) is 0.333. The molecule has 2 atom stereocenters. The molecule has 1 N–H and O–H groups in total. The van der Waals surface area contributed by atoms with Crippen molar-refractivity contribution in [3.8, 4) is 5.88 Å². The summed E-state index contributed by atoms with van der Waals surface area (Å²) in [5.41, 5.74) is 2.25. The molecule has 0 bridgehead atoms. The van der Waals surface area contributed by atoms with Gasteiger partial charge in [-0.25, -0.2) is 4.98 Å². The van der Waals surface area contributed by atoms with Crippen LogP contribution in [0.5, 0.6) is 5.88 Å². The van der Waals surface area contributed by atoms with Gasteiger partial charge in [-0.2, -0.15) is 0 Å². The van der Waals surface area contributed by atoms with Crippen molar-refractivity contribution in [1.82, 2.24) is 15.3 Å². The molecule has 1 aliphatic rings. The Morgan fingerprint density at radius 3 is 2.90 bits per heavy atom. The molecule has 3 rings (SSSR count). The van der Waals surface area contributed by atoms with E-state index < -0.39 is 0 Å². The van der Waals surface area contributed by atoms with Crippen molar-refractivity contribution in [3.05, 3.63) is 47.9 Å². The van der Waals surface area contributed by atoms with Crippen LogP contribution in [0.4, 0.5) is 0 Å². The first-order valence-corrected chi connectivity index (χ1v) is 7.57. The van der Waals surface area contributed by atoms with Gasteiger partial charge in [0, 0.05) is 29.0 Å². The number of nitrogens with zero attached hydrogens (tertiary/aromatic N) is 2. The zero-order valence-electron chi connectivity index (χ0n) is 11.5. The molecule has 0 spiro atoms. The SMILES string of the molecule is CNC(c1nccnc1OC)C1CSc2ccccc21. The Bertz CT molecular complexity index is 605. The van der Waals surface area contributed by atoms with Crippen LogP contribution in [0.1, 0.15) is 23.2 Å². The molecule has 0 saturated heterocycles. The molecule has 104 valence electrons. The number of nitrogens with one attached hydrogen (secondary N) is 1. The van der Waals surface area contributed by atoms with Crippen LogP contribution in [0.3, 0.4) is 0 Å². The first-order valence-electron chi connectivity index (χ1n) is 6.59. The van der Waals surface area contributed by atoms with E-state index in [1.165, 1.54) is 10.5 Å². The van der Waals surface area contributed by atoms with Gasteiger partial charge in [0.2, 0.25) is 5.88 Å². The third kappa shape index (κ3) is 2.27. The lowest BCUT2D eigenvalue weighted by Gasteiger charge is -2.23. The molecule has 5 heteroatoms. The lowest BCUT2D eigenvalue weighted by molar-refractivity contribution is 0.373. The predicted octanol–water partition coefficient (Wildman–Crippen LogP) is 2.64. The second kappa shape index (κ2) is 5.81. The second-order valence-electron chi connectivity index (χ2n) is 4.67. The lowest BCUT2D eigenvalue weighted by Crippen LogP contribution is -2.25. The molecule has 0 amide bonds. The van der Waals surface area contributed by atoms with Crippen LogP contribution in [0.15, 0.2) is 41.6 Å². The number of benzene rings is 1. The Hall–Kier alpha value is -1.59. The predicted molar refractivity (Wildman–Crippen MR) is 80.3 cm³/mol. The van der Waals surface area contributed by atoms with Crippen LogP contribution in [0, 0.1) is 0 Å². The van der Waals surface area contributed by atoms with Crippen molar-refractivity contribution in [2.45, 2.75) is 16.9 Å². The highest BCUT2D eigenvalue weighted by atomic mass is 32.2. The first-order chi connectivity index (χ1) is 9.85. The van der Waals surface area contributed by atoms with Gasteiger partial charge >= 0.3 is 0 Å². The van der Waals surface area contributed by atoms with Crippen molar-refractivity contribution in [2.24, 2.45) is 0 Å². The van der Waals surface area contributed by atoms with Gasteiger partial charge in [-0.1, -0.05) is 18.2 Å². The second-order valence-corrected chi connectivity index (χ2v) is 5.73. The summed E-state index contributed by atoms with van der Waals surface area (Å²) >= 11 is 1.90. The van der Waals surface area contributed by atoms with Crippen LogP contribution in [-0.2, 0) is 0 Å². The largest absolute Gasteiger partial charge is 0.480 e. The van der Waals surface area contributed by atoms with Crippen molar-refractivity contribution in [2.75, 3.05) is 19.9 Å². The minimum Gasteiger partial charge on any atom is -0.480 e. The van der Waals surface area contributed by atoms with Crippen LogP contribution in [0.25, 0.3) is 0 Å². The normalized spacial score (nSPS) is 18.6. The van der Waals surface area contributed by atoms with E-state index in [2.05, 4.69) is 39.6 Å². The van der Waals surface area contributed by atoms with Crippen molar-refractivity contribution >= 4 is 11.8 Å². The fourth-order valence-electron chi connectivity index (χ4n) is 2.70. The highest BCUT2D eigenvalue weighted by Crippen LogP contribution is 2.45. The number of hydrogen-bond acceptors (Lipinski definition) is 5. The monoisotopic (exact) mass is 287 g/mol. The number of fused-ring (bicyclic) bond motifs is 1. The van der Waals surface area contributed by atoms with Crippen LogP contribution < -0.4 is 10.1 Å². The number of methoxy groups -OCH3 is 1. The highest BCUT2D eigenvalue weighted by molar-refractivity contribution is 7.99. The topological polar surface area (TPSA) is 47.0 Å². The number of ether oxygens (including phenoxy) is 1. The molecular formula is C15H17N3OS. The summed E-state index contributed by atoms with van der Waals surface area (Å²) in [5, 5.41) is 3.38. The van der Waals surface area contributed by atoms with Gasteiger partial charge in [-0.15, -0.1) is 11.8 Å². The average molecular weight is 287 g/mol. The minimum atomic E-state index is 0.106. The van der Waals surface area contributed by atoms with E-state index >= 15 is 0 Å². The van der Waals surface area contributed by atoms with Gasteiger partial charge in [0.15, 0.2) is 0 Å². The summed E-state index contributed by atoms with van der Waals surface area (Å²) < 4.78 is 5.36. The van der Waals surface area contributed by atoms with Gasteiger partial charge in [-0.05, 0) is 18.7 Å². The number of likely N-dealkylation sites (N-methyl/N-ethyl adjacent to an activating group) is 1. The van der Waals surface area contributed by atoms with Gasteiger partial charge < -0.3 is 10.1 Å². The van der Waals surface area contributed by atoms with E-state index in [9.17, 15) is 0 Å². The molecule has 1 aromatic heterocycles. The minimum absolute atomic E-state index is 0.106. The molecule has 2 heterocycles. The Kier molecular flexibility index (Phi) is 3.89. The number of thioether (sulfide) groups is 1. The van der Waals surface area contributed by atoms with E-state index in [0.29, 0.717) is 11.8 Å². The third-order valence-corrected chi connectivity index (χ3v) is 4.84. The molecule has 0 fully saturated rings. The summed E-state index contributed by atoms with van der Waals surface area (Å²) in [7, 11) is 3.60. The highest BCUT2D eigenvalue weighted by Gasteiger charge is 2.33. The molecule has 1 aliphatic heterocycles. The Morgan fingerprint density at radius 1 is 1.30 bits per heavy atom. The fourth-order valence-corrected chi connectivity index (χ4v) is 3.99. The maximum absolute atomic E-state index is 5.36. The van der Waals surface area contributed by atoms with Gasteiger partial charge in [0.05, 0.1) is 13.2 Å². The van der Waals surface area contributed by atoms with Crippen LogP contribution >= 0.6 is 11.8 Å². The quantitative estimate of drug-likeness (QED) is 0.936. The Balaban J connectivity index is 1.99. The Labute approximate surface area is 123 Å². The molecule has 0 saturated carbocycles. The van der Waals surface area contributed by atoms with Crippen LogP contribution in [-0.4, -0.2) is 29.9 Å². The van der Waals surface area contributed by atoms with Crippen molar-refractivity contribution < 1.29 is 4.74 Å². The summed E-state index contributed by atoms with van der Waals surface area (Å²) in [6.45, 7) is 0. The van der Waals surface area contributed by atoms with Crippen LogP contribution in [0.2, 0.25) is 0 Å². The van der Waals surface area contributed by atoms with Gasteiger partial charge in [0.25, 0.3) is 0 Å². The van der Waals surface area contributed by atoms with Crippen molar-refractivity contribution in [3.63, 3.8) is 0 Å². The average Bonchev–Trinajstić information content (AvgIpc) is 2.93. The molecule has 0 radical (unpaired) electrons. The molecule has 1 aromatic carbocycles. The van der Waals surface area contributed by atoms with E-state index in [0.717, 1.165) is 11.4 Å². The molecule has 20 heavy (non-hydrogen) atoms. The summed E-state index contributed by atoms with van der Waals surface area (Å²) in [4.78, 5) is 10.1. The van der Waals surface area contributed by atoms with Gasteiger partial charge in [0.1, 0.15) is 5.69 Å². The molecule has 4 nitrogen and oxygen atoms in total. The van der Waals surface area contributed by atoms with E-state index in [1.54, 1.807) is 19.5 Å². The Morgan fingerprint density at radius 2 is 2.10 bits per heavy atom. The molecule has 2 unspecified atom stereocenters. The third-order valence-electron chi connectivity index (χ3n) is 3.63. The zero-order valence-corrected chi connectivity index (χ0v) is 12.4. The number of rotatable bonds is 4. The smallest absolute Gasteiger partial charge is 0.237 e. The summed E-state index contributed by atoms with van der Waals surface area (Å²) in [5.74, 6) is 2.03. The maximum Gasteiger partial charge on any atom is 0.237 e. The van der Waals surface area contributed by atoms with E-state index in [1.807, 2.05) is 18.8 Å². The molecule has 0 aliphatic carbocycles. The number of hydrogen-bond donors (Lipinski definition) is 1. The molecular weight excluding hydrogens is 270 g/mol. The van der Waals surface area contributed by atoms with E-state index in [4.69, 9.17) is 4.74 Å². The van der Waals surface area contributed by atoms with Gasteiger partial charge in [-0.3, -0.25) is 4.98 Å². The van der Waals surface area contributed by atoms with E-state index in [-0.39, 0.29) is 6.04 Å². The lowest BCUT2D eigenvalue weighted by atomic mass is 9.91. The first kappa shape index (κ1) is 13.4. The summed E-state index contributed by atoms with van der Waals surface area (Å²) in [6.07, 6.45) is 3.38. The zero-order chi connectivity index (χ0) is 13.9. The summed E-state index contributed by atoms with van der Waals surface area (Å²) in [6, 6.07) is 8.67. The molecule has 2 aromatic rings. The van der Waals surface area contributed by atoms with Crippen molar-refractivity contribution in [1.29, 1.82) is 0 Å². The standard InChI is InChI=1S/C15H17N3OS/c1-16-13(14-15(19-2)18-8-7-17-14)11-9-20-12-6-4-3-5-10(11)12/h3-8,11,13,16H,9H2,1-2H3.